The Labute approximate surface area is 119 Å². The molecule has 0 radical (unpaired) electrons. The van der Waals surface area contributed by atoms with Gasteiger partial charge >= 0.3 is 0 Å². The van der Waals surface area contributed by atoms with E-state index in [2.05, 4.69) is 17.0 Å². The summed E-state index contributed by atoms with van der Waals surface area (Å²) in [6.45, 7) is 3.86. The van der Waals surface area contributed by atoms with Crippen LogP contribution in [-0.2, 0) is 11.3 Å². The van der Waals surface area contributed by atoms with Crippen LogP contribution in [0.25, 0.3) is 0 Å². The van der Waals surface area contributed by atoms with E-state index in [-0.39, 0.29) is 0 Å². The zero-order valence-corrected chi connectivity index (χ0v) is 12.0. The lowest BCUT2D eigenvalue weighted by Gasteiger charge is -2.31. The van der Waals surface area contributed by atoms with Gasteiger partial charge in [0.1, 0.15) is 0 Å². The highest BCUT2D eigenvalue weighted by molar-refractivity contribution is 6.30. The van der Waals surface area contributed by atoms with Crippen LogP contribution in [0.15, 0.2) is 24.3 Å². The number of ether oxygens (including phenoxy) is 1. The quantitative estimate of drug-likeness (QED) is 0.768. The SMILES string of the molecule is ClCCOC1CCN(Cc2ccc(Cl)cc2)CC1. The van der Waals surface area contributed by atoms with Crippen LogP contribution in [0, 0.1) is 0 Å². The average molecular weight is 288 g/mol. The van der Waals surface area contributed by atoms with E-state index in [1.807, 2.05) is 12.1 Å². The van der Waals surface area contributed by atoms with E-state index in [1.165, 1.54) is 5.56 Å². The minimum absolute atomic E-state index is 0.394. The molecule has 1 aliphatic heterocycles. The second-order valence-corrected chi connectivity index (χ2v) is 5.48. The number of benzene rings is 1. The van der Waals surface area contributed by atoms with Crippen molar-refractivity contribution in [1.82, 2.24) is 4.90 Å². The van der Waals surface area contributed by atoms with Crippen LogP contribution < -0.4 is 0 Å². The van der Waals surface area contributed by atoms with Crippen molar-refractivity contribution in [1.29, 1.82) is 0 Å². The fourth-order valence-corrected chi connectivity index (χ4v) is 2.51. The molecule has 2 rings (SSSR count). The smallest absolute Gasteiger partial charge is 0.0605 e. The molecule has 0 spiro atoms. The molecule has 1 aromatic carbocycles. The van der Waals surface area contributed by atoms with E-state index < -0.39 is 0 Å². The molecule has 4 heteroatoms. The minimum Gasteiger partial charge on any atom is -0.377 e. The largest absolute Gasteiger partial charge is 0.377 e. The highest BCUT2D eigenvalue weighted by Gasteiger charge is 2.19. The maximum atomic E-state index is 5.88. The lowest BCUT2D eigenvalue weighted by molar-refractivity contribution is 0.0135. The second-order valence-electron chi connectivity index (χ2n) is 4.66. The molecule has 1 saturated heterocycles. The topological polar surface area (TPSA) is 12.5 Å². The summed E-state index contributed by atoms with van der Waals surface area (Å²) < 4.78 is 5.67. The number of likely N-dealkylation sites (tertiary alicyclic amines) is 1. The molecule has 100 valence electrons. The Morgan fingerprint density at radius 1 is 1.17 bits per heavy atom. The van der Waals surface area contributed by atoms with E-state index >= 15 is 0 Å². The van der Waals surface area contributed by atoms with Crippen molar-refractivity contribution in [2.75, 3.05) is 25.6 Å². The average Bonchev–Trinajstić information content (AvgIpc) is 2.41. The summed E-state index contributed by atoms with van der Waals surface area (Å²) >= 11 is 11.5. The van der Waals surface area contributed by atoms with E-state index in [0.717, 1.165) is 37.5 Å². The van der Waals surface area contributed by atoms with Gasteiger partial charge in [-0.1, -0.05) is 23.7 Å². The van der Waals surface area contributed by atoms with Gasteiger partial charge < -0.3 is 4.74 Å². The minimum atomic E-state index is 0.394. The Balaban J connectivity index is 1.74. The number of rotatable bonds is 5. The van der Waals surface area contributed by atoms with Gasteiger partial charge in [-0.3, -0.25) is 4.90 Å². The van der Waals surface area contributed by atoms with Gasteiger partial charge in [0.15, 0.2) is 0 Å². The van der Waals surface area contributed by atoms with Crippen LogP contribution >= 0.6 is 23.2 Å². The third kappa shape index (κ3) is 4.43. The summed E-state index contributed by atoms with van der Waals surface area (Å²) in [4.78, 5) is 2.46. The standard InChI is InChI=1S/C14H19Cl2NO/c15-7-10-18-14-5-8-17(9-6-14)11-12-1-3-13(16)4-2-12/h1-4,14H,5-11H2. The highest BCUT2D eigenvalue weighted by Crippen LogP contribution is 2.17. The number of hydrogen-bond donors (Lipinski definition) is 0. The lowest BCUT2D eigenvalue weighted by atomic mass is 10.1. The highest BCUT2D eigenvalue weighted by atomic mass is 35.5. The van der Waals surface area contributed by atoms with Crippen LogP contribution in [0.5, 0.6) is 0 Å². The molecule has 0 aromatic heterocycles. The van der Waals surface area contributed by atoms with Crippen molar-refractivity contribution < 1.29 is 4.74 Å². The van der Waals surface area contributed by atoms with Gasteiger partial charge in [0.25, 0.3) is 0 Å². The van der Waals surface area contributed by atoms with Gasteiger partial charge in [0, 0.05) is 30.5 Å². The molecule has 1 fully saturated rings. The fraction of sp³-hybridized carbons (Fsp3) is 0.571. The van der Waals surface area contributed by atoms with Crippen molar-refractivity contribution in [3.8, 4) is 0 Å². The Bertz CT molecular complexity index is 347. The van der Waals surface area contributed by atoms with Crippen LogP contribution in [0.3, 0.4) is 0 Å². The van der Waals surface area contributed by atoms with E-state index in [9.17, 15) is 0 Å². The van der Waals surface area contributed by atoms with Crippen molar-refractivity contribution in [3.05, 3.63) is 34.9 Å². The van der Waals surface area contributed by atoms with Crippen LogP contribution in [0.2, 0.25) is 5.02 Å². The monoisotopic (exact) mass is 287 g/mol. The molecule has 1 aromatic rings. The van der Waals surface area contributed by atoms with Gasteiger partial charge in [-0.25, -0.2) is 0 Å². The third-order valence-corrected chi connectivity index (χ3v) is 3.69. The second kappa shape index (κ2) is 7.34. The summed E-state index contributed by atoms with van der Waals surface area (Å²) in [5.74, 6) is 0.588. The predicted molar refractivity (Wildman–Crippen MR) is 76.4 cm³/mol. The Morgan fingerprint density at radius 3 is 2.44 bits per heavy atom. The number of piperidine rings is 1. The fourth-order valence-electron chi connectivity index (χ4n) is 2.29. The van der Waals surface area contributed by atoms with Gasteiger partial charge in [-0.15, -0.1) is 11.6 Å². The predicted octanol–water partition coefficient (Wildman–Crippen LogP) is 3.56. The van der Waals surface area contributed by atoms with Crippen molar-refractivity contribution in [2.45, 2.75) is 25.5 Å². The first kappa shape index (κ1) is 14.1. The molecular formula is C14H19Cl2NO. The normalized spacial score (nSPS) is 18.1. The number of hydrogen-bond acceptors (Lipinski definition) is 2. The first-order valence-corrected chi connectivity index (χ1v) is 7.33. The Hall–Kier alpha value is -0.280. The maximum Gasteiger partial charge on any atom is 0.0605 e. The number of nitrogens with zero attached hydrogens (tertiary/aromatic N) is 1. The first-order chi connectivity index (χ1) is 8.78. The summed E-state index contributed by atoms with van der Waals surface area (Å²) in [6.07, 6.45) is 2.60. The molecule has 0 aliphatic carbocycles. The van der Waals surface area contributed by atoms with Gasteiger partial charge in [0.05, 0.1) is 12.7 Å². The molecule has 1 heterocycles. The summed E-state index contributed by atoms with van der Waals surface area (Å²) in [5.41, 5.74) is 1.32. The van der Waals surface area contributed by atoms with E-state index in [1.54, 1.807) is 0 Å². The van der Waals surface area contributed by atoms with Crippen LogP contribution in [-0.4, -0.2) is 36.6 Å². The van der Waals surface area contributed by atoms with Gasteiger partial charge in [-0.05, 0) is 30.5 Å². The zero-order valence-electron chi connectivity index (χ0n) is 10.4. The summed E-state index contributed by atoms with van der Waals surface area (Å²) in [7, 11) is 0. The van der Waals surface area contributed by atoms with Crippen molar-refractivity contribution >= 4 is 23.2 Å². The molecule has 1 aliphatic rings. The molecule has 0 atom stereocenters. The molecule has 2 nitrogen and oxygen atoms in total. The van der Waals surface area contributed by atoms with Crippen LogP contribution in [0.1, 0.15) is 18.4 Å². The van der Waals surface area contributed by atoms with E-state index in [0.29, 0.717) is 18.6 Å². The molecule has 18 heavy (non-hydrogen) atoms. The van der Waals surface area contributed by atoms with E-state index in [4.69, 9.17) is 27.9 Å². The molecule has 0 amide bonds. The number of halogens is 2. The Kier molecular flexibility index (Phi) is 5.77. The Morgan fingerprint density at radius 2 is 1.83 bits per heavy atom. The molecule has 0 saturated carbocycles. The molecular weight excluding hydrogens is 269 g/mol. The lowest BCUT2D eigenvalue weighted by Crippen LogP contribution is -2.36. The third-order valence-electron chi connectivity index (χ3n) is 3.28. The zero-order chi connectivity index (χ0) is 12.8. The van der Waals surface area contributed by atoms with Gasteiger partial charge in [-0.2, -0.15) is 0 Å². The molecule has 0 unspecified atom stereocenters. The first-order valence-electron chi connectivity index (χ1n) is 6.42. The maximum absolute atomic E-state index is 5.88. The summed E-state index contributed by atoms with van der Waals surface area (Å²) in [5, 5.41) is 0.798. The van der Waals surface area contributed by atoms with Crippen LogP contribution in [0.4, 0.5) is 0 Å². The van der Waals surface area contributed by atoms with Crippen molar-refractivity contribution in [3.63, 3.8) is 0 Å². The van der Waals surface area contributed by atoms with Crippen molar-refractivity contribution in [2.24, 2.45) is 0 Å². The van der Waals surface area contributed by atoms with Gasteiger partial charge in [0.2, 0.25) is 0 Å². The number of alkyl halides is 1. The molecule has 0 N–H and O–H groups in total. The summed E-state index contributed by atoms with van der Waals surface area (Å²) in [6, 6.07) is 8.09. The molecule has 0 bridgehead atoms.